The van der Waals surface area contributed by atoms with Crippen molar-refractivity contribution in [2.24, 2.45) is 0 Å². The molecule has 0 saturated carbocycles. The van der Waals surface area contributed by atoms with Crippen LogP contribution in [0.1, 0.15) is 33.4 Å². The second kappa shape index (κ2) is 8.11. The summed E-state index contributed by atoms with van der Waals surface area (Å²) in [4.78, 5) is 49.9. The number of thiophene rings is 1. The number of carbonyl (C=O) groups is 4. The smallest absolute Gasteiger partial charge is 0.338 e. The molecule has 1 fully saturated rings. The fourth-order valence-corrected chi connectivity index (χ4v) is 3.22. The molecule has 1 atom stereocenters. The second-order valence-corrected chi connectivity index (χ2v) is 6.61. The van der Waals surface area contributed by atoms with E-state index in [9.17, 15) is 19.2 Å². The standard InChI is InChI=1S/C18H17N3O5S/c1-2-26-18(25)11-5-7-12(8-6-11)21-15(22)10-13(17(21)24)19-20-16(23)14-4-3-9-27-14/h3-9,13,19H,2,10H2,1H3,(H,20,23). The summed E-state index contributed by atoms with van der Waals surface area (Å²) in [5.41, 5.74) is 5.75. The van der Waals surface area contributed by atoms with Crippen LogP contribution in [0.25, 0.3) is 0 Å². The van der Waals surface area contributed by atoms with Gasteiger partial charge in [0, 0.05) is 0 Å². The Morgan fingerprint density at radius 1 is 1.22 bits per heavy atom. The molecule has 2 N–H and O–H groups in total. The van der Waals surface area contributed by atoms with Crippen LogP contribution in [-0.4, -0.2) is 36.3 Å². The van der Waals surface area contributed by atoms with E-state index in [0.29, 0.717) is 16.1 Å². The van der Waals surface area contributed by atoms with Crippen molar-refractivity contribution in [3.8, 4) is 0 Å². The van der Waals surface area contributed by atoms with Crippen molar-refractivity contribution in [2.45, 2.75) is 19.4 Å². The van der Waals surface area contributed by atoms with Crippen LogP contribution in [-0.2, 0) is 14.3 Å². The molecule has 0 spiro atoms. The first kappa shape index (κ1) is 18.7. The molecule has 0 radical (unpaired) electrons. The van der Waals surface area contributed by atoms with Gasteiger partial charge in [0.05, 0.1) is 29.2 Å². The van der Waals surface area contributed by atoms with Gasteiger partial charge < -0.3 is 4.74 Å². The highest BCUT2D eigenvalue weighted by molar-refractivity contribution is 7.12. The minimum absolute atomic E-state index is 0.0802. The summed E-state index contributed by atoms with van der Waals surface area (Å²) in [5, 5.41) is 1.76. The number of esters is 1. The molecule has 3 amide bonds. The largest absolute Gasteiger partial charge is 0.462 e. The van der Waals surface area contributed by atoms with Crippen molar-refractivity contribution < 1.29 is 23.9 Å². The van der Waals surface area contributed by atoms with Gasteiger partial charge >= 0.3 is 5.97 Å². The highest BCUT2D eigenvalue weighted by Crippen LogP contribution is 2.23. The Hall–Kier alpha value is -3.04. The first-order valence-corrected chi connectivity index (χ1v) is 9.12. The highest BCUT2D eigenvalue weighted by atomic mass is 32.1. The molecule has 1 aromatic carbocycles. The van der Waals surface area contributed by atoms with Gasteiger partial charge in [0.1, 0.15) is 6.04 Å². The molecule has 0 bridgehead atoms. The Kier molecular flexibility index (Phi) is 5.63. The topological polar surface area (TPSA) is 105 Å². The van der Waals surface area contributed by atoms with Gasteiger partial charge in [0.15, 0.2) is 0 Å². The minimum atomic E-state index is -0.855. The summed E-state index contributed by atoms with van der Waals surface area (Å²) in [7, 11) is 0. The summed E-state index contributed by atoms with van der Waals surface area (Å²) in [6.45, 7) is 1.96. The average Bonchev–Trinajstić information content (AvgIpc) is 3.29. The Morgan fingerprint density at radius 2 is 1.96 bits per heavy atom. The summed E-state index contributed by atoms with van der Waals surface area (Å²) in [5.74, 6) is -1.72. The van der Waals surface area contributed by atoms with Crippen LogP contribution in [0.15, 0.2) is 41.8 Å². The summed E-state index contributed by atoms with van der Waals surface area (Å²) >= 11 is 1.27. The average molecular weight is 387 g/mol. The van der Waals surface area contributed by atoms with Crippen LogP contribution in [0.2, 0.25) is 0 Å². The lowest BCUT2D eigenvalue weighted by Gasteiger charge is -2.16. The van der Waals surface area contributed by atoms with E-state index in [4.69, 9.17) is 4.74 Å². The van der Waals surface area contributed by atoms with E-state index in [-0.39, 0.29) is 18.9 Å². The molecule has 140 valence electrons. The molecule has 3 rings (SSSR count). The molecular formula is C18H17N3O5S. The zero-order valence-corrected chi connectivity index (χ0v) is 15.2. The number of hydrogen-bond acceptors (Lipinski definition) is 7. The molecule has 27 heavy (non-hydrogen) atoms. The lowest BCUT2D eigenvalue weighted by atomic mass is 10.2. The Morgan fingerprint density at radius 3 is 2.59 bits per heavy atom. The number of benzene rings is 1. The van der Waals surface area contributed by atoms with Gasteiger partial charge in [-0.05, 0) is 42.6 Å². The number of imide groups is 1. The Labute approximate surface area is 159 Å². The molecule has 8 nitrogen and oxygen atoms in total. The van der Waals surface area contributed by atoms with Crippen molar-refractivity contribution in [3.05, 3.63) is 52.2 Å². The molecule has 1 aliphatic rings. The Bertz CT molecular complexity index is 864. The predicted octanol–water partition coefficient (Wildman–Crippen LogP) is 1.49. The number of carbonyl (C=O) groups excluding carboxylic acids is 4. The molecule has 2 aromatic rings. The quantitative estimate of drug-likeness (QED) is 0.442. The molecule has 9 heteroatoms. The number of hydrogen-bond donors (Lipinski definition) is 2. The zero-order chi connectivity index (χ0) is 19.4. The third kappa shape index (κ3) is 4.04. The molecule has 0 aliphatic carbocycles. The highest BCUT2D eigenvalue weighted by Gasteiger charge is 2.39. The lowest BCUT2D eigenvalue weighted by molar-refractivity contribution is -0.121. The first-order valence-electron chi connectivity index (χ1n) is 8.24. The third-order valence-corrected chi connectivity index (χ3v) is 4.76. The van der Waals surface area contributed by atoms with Crippen molar-refractivity contribution >= 4 is 40.7 Å². The molecule has 1 aromatic heterocycles. The third-order valence-electron chi connectivity index (χ3n) is 3.89. The Balaban J connectivity index is 1.65. The van der Waals surface area contributed by atoms with E-state index in [1.165, 1.54) is 35.6 Å². The second-order valence-electron chi connectivity index (χ2n) is 5.67. The SMILES string of the molecule is CCOC(=O)c1ccc(N2C(=O)CC(NNC(=O)c3cccs3)C2=O)cc1. The van der Waals surface area contributed by atoms with E-state index in [1.54, 1.807) is 24.4 Å². The van der Waals surface area contributed by atoms with Crippen LogP contribution >= 0.6 is 11.3 Å². The van der Waals surface area contributed by atoms with Crippen LogP contribution in [0.5, 0.6) is 0 Å². The van der Waals surface area contributed by atoms with Gasteiger partial charge in [0.25, 0.3) is 11.8 Å². The van der Waals surface area contributed by atoms with Gasteiger partial charge in [-0.1, -0.05) is 6.07 Å². The van der Waals surface area contributed by atoms with E-state index < -0.39 is 23.8 Å². The van der Waals surface area contributed by atoms with Gasteiger partial charge in [-0.2, -0.15) is 0 Å². The van der Waals surface area contributed by atoms with Gasteiger partial charge in [-0.25, -0.2) is 15.1 Å². The fourth-order valence-electron chi connectivity index (χ4n) is 2.60. The number of nitrogens with one attached hydrogen (secondary N) is 2. The van der Waals surface area contributed by atoms with Crippen molar-refractivity contribution in [1.82, 2.24) is 10.9 Å². The van der Waals surface area contributed by atoms with E-state index in [2.05, 4.69) is 10.9 Å². The fraction of sp³-hybridized carbons (Fsp3) is 0.222. The normalized spacial score (nSPS) is 16.5. The minimum Gasteiger partial charge on any atom is -0.462 e. The van der Waals surface area contributed by atoms with Crippen LogP contribution < -0.4 is 15.8 Å². The van der Waals surface area contributed by atoms with E-state index in [0.717, 1.165) is 4.90 Å². The van der Waals surface area contributed by atoms with Gasteiger partial charge in [0.2, 0.25) is 5.91 Å². The van der Waals surface area contributed by atoms with Crippen molar-refractivity contribution in [2.75, 3.05) is 11.5 Å². The molecule has 2 heterocycles. The number of amides is 3. The maximum Gasteiger partial charge on any atom is 0.338 e. The van der Waals surface area contributed by atoms with Crippen LogP contribution in [0.4, 0.5) is 5.69 Å². The first-order chi connectivity index (χ1) is 13.0. The van der Waals surface area contributed by atoms with Crippen LogP contribution in [0.3, 0.4) is 0 Å². The van der Waals surface area contributed by atoms with Gasteiger partial charge in [-0.15, -0.1) is 11.3 Å². The number of hydrazine groups is 1. The molecule has 1 saturated heterocycles. The summed E-state index contributed by atoms with van der Waals surface area (Å²) in [6, 6.07) is 8.54. The van der Waals surface area contributed by atoms with Gasteiger partial charge in [-0.3, -0.25) is 19.8 Å². The lowest BCUT2D eigenvalue weighted by Crippen LogP contribution is -2.48. The number of ether oxygens (including phenoxy) is 1. The number of rotatable bonds is 6. The maximum absolute atomic E-state index is 12.5. The van der Waals surface area contributed by atoms with Crippen molar-refractivity contribution in [1.29, 1.82) is 0 Å². The van der Waals surface area contributed by atoms with E-state index >= 15 is 0 Å². The summed E-state index contributed by atoms with van der Waals surface area (Å²) < 4.78 is 4.90. The zero-order valence-electron chi connectivity index (χ0n) is 14.4. The van der Waals surface area contributed by atoms with Crippen molar-refractivity contribution in [3.63, 3.8) is 0 Å². The molecular weight excluding hydrogens is 370 g/mol. The summed E-state index contributed by atoms with van der Waals surface area (Å²) in [6.07, 6.45) is -0.0802. The molecule has 1 unspecified atom stereocenters. The predicted molar refractivity (Wildman–Crippen MR) is 98.2 cm³/mol. The maximum atomic E-state index is 12.5. The molecule has 1 aliphatic heterocycles. The van der Waals surface area contributed by atoms with Crippen LogP contribution in [0, 0.1) is 0 Å². The monoisotopic (exact) mass is 387 g/mol. The van der Waals surface area contributed by atoms with E-state index in [1.807, 2.05) is 0 Å². The number of nitrogens with zero attached hydrogens (tertiary/aromatic N) is 1. The number of anilines is 1.